The van der Waals surface area contributed by atoms with Gasteiger partial charge in [-0.25, -0.2) is 4.98 Å². The average Bonchev–Trinajstić information content (AvgIpc) is 2.64. The van der Waals surface area contributed by atoms with Gasteiger partial charge in [0.1, 0.15) is 5.39 Å². The summed E-state index contributed by atoms with van der Waals surface area (Å²) < 4.78 is 5.61. The van der Waals surface area contributed by atoms with Crippen molar-refractivity contribution in [1.29, 1.82) is 0 Å². The van der Waals surface area contributed by atoms with E-state index in [2.05, 4.69) is 17.2 Å². The number of pyridine rings is 1. The van der Waals surface area contributed by atoms with Gasteiger partial charge in [0.15, 0.2) is 0 Å². The number of hydrogen-bond acceptors (Lipinski definition) is 5. The molecule has 6 heteroatoms. The first-order valence-corrected chi connectivity index (χ1v) is 8.91. The van der Waals surface area contributed by atoms with Crippen LogP contribution in [0.5, 0.6) is 0 Å². The molecule has 6 nitrogen and oxygen atoms in total. The highest BCUT2D eigenvalue weighted by Gasteiger charge is 2.20. The maximum atomic E-state index is 11.6. The second kappa shape index (κ2) is 8.10. The monoisotopic (exact) mass is 353 g/mol. The van der Waals surface area contributed by atoms with Gasteiger partial charge in [0.05, 0.1) is 28.3 Å². The number of ether oxygens (including phenoxy) is 1. The lowest BCUT2D eigenvalue weighted by Crippen LogP contribution is -2.11. The molecule has 0 spiro atoms. The minimum Gasteiger partial charge on any atom is -0.381 e. The van der Waals surface area contributed by atoms with Gasteiger partial charge in [-0.2, -0.15) is 0 Å². The fourth-order valence-electron chi connectivity index (χ4n) is 3.05. The van der Waals surface area contributed by atoms with E-state index in [-0.39, 0.29) is 10.6 Å². The molecule has 0 aliphatic carbocycles. The van der Waals surface area contributed by atoms with Gasteiger partial charge in [-0.05, 0) is 25.0 Å². The van der Waals surface area contributed by atoms with E-state index in [0.717, 1.165) is 41.6 Å². The first kappa shape index (κ1) is 18.1. The van der Waals surface area contributed by atoms with Crippen molar-refractivity contribution in [2.24, 2.45) is 0 Å². The summed E-state index contributed by atoms with van der Waals surface area (Å²) >= 11 is 0. The Labute approximate surface area is 152 Å². The Balaban J connectivity index is 2.07. The van der Waals surface area contributed by atoms with Crippen molar-refractivity contribution in [1.82, 2.24) is 4.98 Å². The topological polar surface area (TPSA) is 77.3 Å². The Hall–Kier alpha value is -2.73. The molecule has 0 fully saturated rings. The number of nitro groups is 1. The van der Waals surface area contributed by atoms with E-state index in [1.54, 1.807) is 12.1 Å². The molecule has 0 radical (unpaired) electrons. The molecule has 0 saturated carbocycles. The van der Waals surface area contributed by atoms with Crippen molar-refractivity contribution in [3.05, 3.63) is 52.1 Å². The predicted molar refractivity (Wildman–Crippen MR) is 105 cm³/mol. The Morgan fingerprint density at radius 1 is 1.19 bits per heavy atom. The van der Waals surface area contributed by atoms with Gasteiger partial charge in [-0.15, -0.1) is 0 Å². The second-order valence-corrected chi connectivity index (χ2v) is 6.28. The fourth-order valence-corrected chi connectivity index (χ4v) is 3.05. The zero-order valence-electron chi connectivity index (χ0n) is 15.1. The summed E-state index contributed by atoms with van der Waals surface area (Å²) in [4.78, 5) is 15.9. The molecular formula is C20H23N3O3. The number of unbranched alkanes of at least 4 members (excludes halogenated alkanes) is 1. The molecule has 136 valence electrons. The minimum absolute atomic E-state index is 0.0678. The molecule has 3 rings (SSSR count). The molecule has 0 amide bonds. The van der Waals surface area contributed by atoms with Gasteiger partial charge >= 0.3 is 0 Å². The van der Waals surface area contributed by atoms with Crippen LogP contribution in [0.2, 0.25) is 0 Å². The summed E-state index contributed by atoms with van der Waals surface area (Å²) in [5, 5.41) is 16.4. The molecule has 26 heavy (non-hydrogen) atoms. The highest BCUT2D eigenvalue weighted by atomic mass is 16.6. The summed E-state index contributed by atoms with van der Waals surface area (Å²) in [6, 6.07) is 11.0. The summed E-state index contributed by atoms with van der Waals surface area (Å²) in [5.41, 5.74) is 3.21. The van der Waals surface area contributed by atoms with Crippen LogP contribution < -0.4 is 5.32 Å². The van der Waals surface area contributed by atoms with Gasteiger partial charge in [0.2, 0.25) is 0 Å². The third-order valence-corrected chi connectivity index (χ3v) is 4.40. The number of fused-ring (bicyclic) bond motifs is 2. The number of para-hydroxylation sites is 1. The number of nitro benzene ring substituents is 1. The summed E-state index contributed by atoms with van der Waals surface area (Å²) in [5.74, 6) is 0. The average molecular weight is 353 g/mol. The highest BCUT2D eigenvalue weighted by molar-refractivity contribution is 6.11. The zero-order chi connectivity index (χ0) is 18.5. The van der Waals surface area contributed by atoms with Crippen molar-refractivity contribution in [2.45, 2.75) is 26.7 Å². The molecule has 3 aromatic rings. The first-order valence-electron chi connectivity index (χ1n) is 8.91. The molecule has 0 aliphatic rings. The van der Waals surface area contributed by atoms with Crippen LogP contribution in [-0.4, -0.2) is 29.7 Å². The Morgan fingerprint density at radius 3 is 2.77 bits per heavy atom. The Morgan fingerprint density at radius 2 is 2.00 bits per heavy atom. The van der Waals surface area contributed by atoms with Crippen LogP contribution in [-0.2, 0) is 4.74 Å². The van der Waals surface area contributed by atoms with Gasteiger partial charge in [0, 0.05) is 24.6 Å². The SMILES string of the molecule is CCCCOCCNc1c2ccccc2nc2c(C)ccc([N+](=O)[O-])c12. The number of non-ortho nitro benzene ring substituents is 1. The first-order chi connectivity index (χ1) is 12.6. The van der Waals surface area contributed by atoms with Crippen LogP contribution in [0.1, 0.15) is 25.3 Å². The maximum absolute atomic E-state index is 11.6. The lowest BCUT2D eigenvalue weighted by molar-refractivity contribution is -0.383. The third kappa shape index (κ3) is 3.60. The summed E-state index contributed by atoms with van der Waals surface area (Å²) in [7, 11) is 0. The number of aryl methyl sites for hydroxylation is 1. The highest BCUT2D eigenvalue weighted by Crippen LogP contribution is 2.37. The number of aromatic nitrogens is 1. The predicted octanol–water partition coefficient (Wildman–Crippen LogP) is 4.83. The molecule has 1 N–H and O–H groups in total. The Kier molecular flexibility index (Phi) is 5.63. The van der Waals surface area contributed by atoms with E-state index in [1.807, 2.05) is 31.2 Å². The number of nitrogens with one attached hydrogen (secondary N) is 1. The van der Waals surface area contributed by atoms with E-state index in [4.69, 9.17) is 4.74 Å². The molecule has 0 saturated heterocycles. The number of nitrogens with zero attached hydrogens (tertiary/aromatic N) is 2. The number of rotatable bonds is 8. The molecule has 1 heterocycles. The molecule has 0 unspecified atom stereocenters. The number of hydrogen-bond donors (Lipinski definition) is 1. The molecule has 2 aromatic carbocycles. The van der Waals surface area contributed by atoms with Crippen molar-refractivity contribution in [3.8, 4) is 0 Å². The van der Waals surface area contributed by atoms with E-state index in [0.29, 0.717) is 24.1 Å². The van der Waals surface area contributed by atoms with Crippen LogP contribution in [0.3, 0.4) is 0 Å². The fraction of sp³-hybridized carbons (Fsp3) is 0.350. The van der Waals surface area contributed by atoms with E-state index < -0.39 is 0 Å². The molecule has 0 bridgehead atoms. The lowest BCUT2D eigenvalue weighted by Gasteiger charge is -2.14. The van der Waals surface area contributed by atoms with Crippen LogP contribution >= 0.6 is 0 Å². The standard InChI is InChI=1S/C20H23N3O3/c1-3-4-12-26-13-11-21-20-15-7-5-6-8-16(15)22-19-14(2)9-10-17(18(19)20)23(24)25/h5-10H,3-4,11-13H2,1-2H3,(H,21,22). The van der Waals surface area contributed by atoms with Gasteiger partial charge in [-0.3, -0.25) is 10.1 Å². The number of benzene rings is 2. The van der Waals surface area contributed by atoms with E-state index >= 15 is 0 Å². The molecule has 1 aromatic heterocycles. The van der Waals surface area contributed by atoms with Crippen LogP contribution in [0.25, 0.3) is 21.8 Å². The molecular weight excluding hydrogens is 330 g/mol. The summed E-state index contributed by atoms with van der Waals surface area (Å²) in [6.45, 7) is 5.91. The maximum Gasteiger partial charge on any atom is 0.280 e. The molecule has 0 aliphatic heterocycles. The largest absolute Gasteiger partial charge is 0.381 e. The van der Waals surface area contributed by atoms with Crippen LogP contribution in [0.4, 0.5) is 11.4 Å². The van der Waals surface area contributed by atoms with Crippen LogP contribution in [0, 0.1) is 17.0 Å². The van der Waals surface area contributed by atoms with E-state index in [1.165, 1.54) is 0 Å². The van der Waals surface area contributed by atoms with Crippen molar-refractivity contribution in [3.63, 3.8) is 0 Å². The smallest absolute Gasteiger partial charge is 0.280 e. The number of anilines is 1. The van der Waals surface area contributed by atoms with Gasteiger partial charge in [-0.1, -0.05) is 37.6 Å². The van der Waals surface area contributed by atoms with Crippen LogP contribution in [0.15, 0.2) is 36.4 Å². The van der Waals surface area contributed by atoms with Crippen molar-refractivity contribution in [2.75, 3.05) is 25.1 Å². The van der Waals surface area contributed by atoms with Gasteiger partial charge < -0.3 is 10.1 Å². The second-order valence-electron chi connectivity index (χ2n) is 6.28. The zero-order valence-corrected chi connectivity index (χ0v) is 15.1. The third-order valence-electron chi connectivity index (χ3n) is 4.40. The Bertz CT molecular complexity index is 940. The molecule has 0 atom stereocenters. The van der Waals surface area contributed by atoms with E-state index in [9.17, 15) is 10.1 Å². The summed E-state index contributed by atoms with van der Waals surface area (Å²) in [6.07, 6.45) is 2.13. The normalized spacial score (nSPS) is 11.2. The van der Waals surface area contributed by atoms with Crippen molar-refractivity contribution < 1.29 is 9.66 Å². The lowest BCUT2D eigenvalue weighted by atomic mass is 10.0. The van der Waals surface area contributed by atoms with Crippen molar-refractivity contribution >= 4 is 33.2 Å². The van der Waals surface area contributed by atoms with Gasteiger partial charge in [0.25, 0.3) is 5.69 Å². The minimum atomic E-state index is -0.346. The quantitative estimate of drug-likeness (QED) is 0.271.